The Morgan fingerprint density at radius 2 is 2.00 bits per heavy atom. The highest BCUT2D eigenvalue weighted by molar-refractivity contribution is 7.14. The number of carbonyl (C=O) groups is 1. The monoisotopic (exact) mass is 236 g/mol. The molecule has 1 nitrogen and oxygen atoms in total. The molecule has 2 rings (SSSR count). The first-order chi connectivity index (χ1) is 7.46. The van der Waals surface area contributed by atoms with Crippen molar-refractivity contribution in [2.45, 2.75) is 52.9 Å². The molecule has 0 atom stereocenters. The van der Waals surface area contributed by atoms with Gasteiger partial charge in [-0.25, -0.2) is 0 Å². The molecule has 1 aromatic heterocycles. The van der Waals surface area contributed by atoms with Crippen LogP contribution in [-0.4, -0.2) is 5.78 Å². The predicted octanol–water partition coefficient (Wildman–Crippen LogP) is 4.25. The smallest absolute Gasteiger partial charge is 0.173 e. The molecule has 1 aromatic rings. The quantitative estimate of drug-likeness (QED) is 0.702. The number of thiophene rings is 1. The fourth-order valence-corrected chi connectivity index (χ4v) is 3.39. The molecule has 1 aliphatic rings. The average Bonchev–Trinajstić information content (AvgIpc) is 2.58. The number of ketones is 1. The Hall–Kier alpha value is -0.630. The van der Waals surface area contributed by atoms with E-state index in [9.17, 15) is 4.79 Å². The number of carbonyl (C=O) groups excluding carboxylic acids is 1. The highest BCUT2D eigenvalue weighted by atomic mass is 32.1. The maximum atomic E-state index is 12.1. The van der Waals surface area contributed by atoms with Crippen LogP contribution >= 0.6 is 11.3 Å². The molecule has 0 N–H and O–H groups in total. The van der Waals surface area contributed by atoms with Gasteiger partial charge in [-0.1, -0.05) is 20.8 Å². The SMILES string of the molecule is CC(C)(C)CC(=O)c1cc2c(s1)CCCC2. The van der Waals surface area contributed by atoms with Crippen LogP contribution in [-0.2, 0) is 12.8 Å². The third-order valence-electron chi connectivity index (χ3n) is 2.96. The molecule has 0 aromatic carbocycles. The van der Waals surface area contributed by atoms with Crippen molar-refractivity contribution in [1.82, 2.24) is 0 Å². The molecule has 2 heteroatoms. The van der Waals surface area contributed by atoms with Crippen molar-refractivity contribution in [3.05, 3.63) is 21.4 Å². The molecule has 0 aliphatic heterocycles. The Labute approximate surface area is 102 Å². The summed E-state index contributed by atoms with van der Waals surface area (Å²) >= 11 is 1.73. The van der Waals surface area contributed by atoms with Crippen molar-refractivity contribution in [2.75, 3.05) is 0 Å². The second kappa shape index (κ2) is 4.33. The zero-order chi connectivity index (χ0) is 11.8. The molecule has 0 amide bonds. The van der Waals surface area contributed by atoms with Crippen molar-refractivity contribution in [3.8, 4) is 0 Å². The van der Waals surface area contributed by atoms with Gasteiger partial charge < -0.3 is 0 Å². The number of Topliss-reactive ketones (excluding diaryl/α,β-unsaturated/α-hetero) is 1. The number of hydrogen-bond acceptors (Lipinski definition) is 2. The summed E-state index contributed by atoms with van der Waals surface area (Å²) in [5.74, 6) is 0.326. The molecule has 88 valence electrons. The molecular weight excluding hydrogens is 216 g/mol. The zero-order valence-corrected chi connectivity index (χ0v) is 11.2. The summed E-state index contributed by atoms with van der Waals surface area (Å²) in [4.78, 5) is 14.5. The van der Waals surface area contributed by atoms with Gasteiger partial charge in [-0.15, -0.1) is 11.3 Å². The van der Waals surface area contributed by atoms with Gasteiger partial charge in [0, 0.05) is 11.3 Å². The van der Waals surface area contributed by atoms with E-state index in [1.165, 1.54) is 36.1 Å². The molecule has 0 unspecified atom stereocenters. The standard InChI is InChI=1S/C14H20OS/c1-14(2,3)9-11(15)13-8-10-6-4-5-7-12(10)16-13/h8H,4-7,9H2,1-3H3. The lowest BCUT2D eigenvalue weighted by Crippen LogP contribution is -2.11. The van der Waals surface area contributed by atoms with Gasteiger partial charge in [-0.2, -0.15) is 0 Å². The van der Waals surface area contributed by atoms with Crippen LogP contribution in [0, 0.1) is 5.41 Å². The maximum absolute atomic E-state index is 12.1. The van der Waals surface area contributed by atoms with Crippen molar-refractivity contribution in [1.29, 1.82) is 0 Å². The van der Waals surface area contributed by atoms with Gasteiger partial charge in [0.05, 0.1) is 4.88 Å². The van der Waals surface area contributed by atoms with Crippen LogP contribution in [0.3, 0.4) is 0 Å². The van der Waals surface area contributed by atoms with Crippen molar-refractivity contribution < 1.29 is 4.79 Å². The molecule has 0 spiro atoms. The van der Waals surface area contributed by atoms with Crippen molar-refractivity contribution in [2.24, 2.45) is 5.41 Å². The Morgan fingerprint density at radius 1 is 1.31 bits per heavy atom. The third kappa shape index (κ3) is 2.73. The van der Waals surface area contributed by atoms with E-state index in [4.69, 9.17) is 0 Å². The van der Waals surface area contributed by atoms with Crippen molar-refractivity contribution >= 4 is 17.1 Å². The average molecular weight is 236 g/mol. The first-order valence-electron chi connectivity index (χ1n) is 6.10. The second-order valence-corrected chi connectivity index (χ2v) is 7.06. The number of hydrogen-bond donors (Lipinski definition) is 0. The first kappa shape index (κ1) is 11.8. The maximum Gasteiger partial charge on any atom is 0.173 e. The molecule has 0 saturated carbocycles. The third-order valence-corrected chi connectivity index (χ3v) is 4.24. The summed E-state index contributed by atoms with van der Waals surface area (Å²) < 4.78 is 0. The number of aryl methyl sites for hydroxylation is 2. The summed E-state index contributed by atoms with van der Waals surface area (Å²) in [6.07, 6.45) is 5.60. The normalized spacial score (nSPS) is 15.9. The van der Waals surface area contributed by atoms with Crippen LogP contribution < -0.4 is 0 Å². The molecule has 1 aliphatic carbocycles. The summed E-state index contributed by atoms with van der Waals surface area (Å²) in [6.45, 7) is 6.37. The van der Waals surface area contributed by atoms with E-state index in [0.717, 1.165) is 4.88 Å². The van der Waals surface area contributed by atoms with Gasteiger partial charge in [-0.3, -0.25) is 4.79 Å². The van der Waals surface area contributed by atoms with E-state index in [-0.39, 0.29) is 5.41 Å². The second-order valence-electron chi connectivity index (χ2n) is 5.93. The Morgan fingerprint density at radius 3 is 2.62 bits per heavy atom. The van der Waals surface area contributed by atoms with E-state index in [1.807, 2.05) is 0 Å². The van der Waals surface area contributed by atoms with Crippen LogP contribution in [0.5, 0.6) is 0 Å². The van der Waals surface area contributed by atoms with E-state index in [0.29, 0.717) is 12.2 Å². The largest absolute Gasteiger partial charge is 0.293 e. The van der Waals surface area contributed by atoms with Crippen LogP contribution in [0.1, 0.15) is 60.1 Å². The van der Waals surface area contributed by atoms with Crippen LogP contribution in [0.2, 0.25) is 0 Å². The number of fused-ring (bicyclic) bond motifs is 1. The lowest BCUT2D eigenvalue weighted by atomic mass is 9.89. The van der Waals surface area contributed by atoms with E-state index >= 15 is 0 Å². The number of rotatable bonds is 2. The van der Waals surface area contributed by atoms with Gasteiger partial charge in [0.2, 0.25) is 0 Å². The Bertz CT molecular complexity index is 372. The minimum atomic E-state index is 0.0988. The van der Waals surface area contributed by atoms with Gasteiger partial charge in [0.1, 0.15) is 0 Å². The van der Waals surface area contributed by atoms with E-state index in [2.05, 4.69) is 26.8 Å². The highest BCUT2D eigenvalue weighted by Crippen LogP contribution is 2.32. The summed E-state index contributed by atoms with van der Waals surface area (Å²) in [5, 5.41) is 0. The Balaban J connectivity index is 2.15. The molecule has 0 saturated heterocycles. The fourth-order valence-electron chi connectivity index (χ4n) is 2.20. The summed E-state index contributed by atoms with van der Waals surface area (Å²) in [5.41, 5.74) is 1.54. The Kier molecular flexibility index (Phi) is 3.20. The first-order valence-corrected chi connectivity index (χ1v) is 6.92. The molecule has 0 fully saturated rings. The van der Waals surface area contributed by atoms with Gasteiger partial charge in [-0.05, 0) is 42.7 Å². The molecule has 16 heavy (non-hydrogen) atoms. The van der Waals surface area contributed by atoms with Gasteiger partial charge >= 0.3 is 0 Å². The van der Waals surface area contributed by atoms with E-state index in [1.54, 1.807) is 11.3 Å². The molecule has 1 heterocycles. The van der Waals surface area contributed by atoms with Crippen LogP contribution in [0.15, 0.2) is 6.07 Å². The fraction of sp³-hybridized carbons (Fsp3) is 0.643. The van der Waals surface area contributed by atoms with Crippen LogP contribution in [0.25, 0.3) is 0 Å². The zero-order valence-electron chi connectivity index (χ0n) is 10.4. The highest BCUT2D eigenvalue weighted by Gasteiger charge is 2.21. The lowest BCUT2D eigenvalue weighted by Gasteiger charge is -2.15. The molecular formula is C14H20OS. The van der Waals surface area contributed by atoms with Crippen LogP contribution in [0.4, 0.5) is 0 Å². The lowest BCUT2D eigenvalue weighted by molar-refractivity contribution is 0.0944. The molecule has 0 bridgehead atoms. The molecule has 0 radical (unpaired) electrons. The summed E-state index contributed by atoms with van der Waals surface area (Å²) in [6, 6.07) is 2.15. The van der Waals surface area contributed by atoms with Gasteiger partial charge in [0.15, 0.2) is 5.78 Å². The minimum Gasteiger partial charge on any atom is -0.293 e. The summed E-state index contributed by atoms with van der Waals surface area (Å²) in [7, 11) is 0. The van der Waals surface area contributed by atoms with Gasteiger partial charge in [0.25, 0.3) is 0 Å². The van der Waals surface area contributed by atoms with E-state index < -0.39 is 0 Å². The minimum absolute atomic E-state index is 0.0988. The topological polar surface area (TPSA) is 17.1 Å². The van der Waals surface area contributed by atoms with Crippen molar-refractivity contribution in [3.63, 3.8) is 0 Å². The predicted molar refractivity (Wildman–Crippen MR) is 69.4 cm³/mol.